The number of hydrogen-bond donors (Lipinski definition) is 0. The van der Waals surface area contributed by atoms with E-state index in [-0.39, 0.29) is 11.1 Å². The first-order valence-electron chi connectivity index (χ1n) is 11.0. The summed E-state index contributed by atoms with van der Waals surface area (Å²) in [6.45, 7) is 7.06. The fraction of sp³-hybridized carbons (Fsp3) is 0.667. The van der Waals surface area contributed by atoms with Crippen LogP contribution in [0.3, 0.4) is 0 Å². The first-order chi connectivity index (χ1) is 13.6. The molecule has 0 bridgehead atoms. The molecular formula is C24H38O4. The second-order valence-corrected chi connectivity index (χ2v) is 7.62. The van der Waals surface area contributed by atoms with E-state index in [1.54, 1.807) is 24.3 Å². The Morgan fingerprint density at radius 1 is 0.786 bits per heavy atom. The monoisotopic (exact) mass is 390 g/mol. The Kier molecular flexibility index (Phi) is 13.1. The number of unbranched alkanes of at least 4 members (excludes halogenated alkanes) is 8. The molecule has 0 N–H and O–H groups in total. The number of carbonyl (C=O) groups is 2. The van der Waals surface area contributed by atoms with E-state index in [0.29, 0.717) is 19.1 Å². The lowest BCUT2D eigenvalue weighted by Gasteiger charge is -2.12. The molecule has 28 heavy (non-hydrogen) atoms. The standard InChI is InChI=1S/C24H38O4/c1-4-6-7-8-9-10-11-12-15-18-27-23(25)21-16-13-14-17-22(21)24(26)28-19-20(3)5-2/h13-14,16-17,20H,4-12,15,18-19H2,1-3H3. The second-order valence-electron chi connectivity index (χ2n) is 7.62. The Balaban J connectivity index is 2.32. The van der Waals surface area contributed by atoms with Crippen LogP contribution >= 0.6 is 0 Å². The van der Waals surface area contributed by atoms with E-state index in [0.717, 1.165) is 19.3 Å². The lowest BCUT2D eigenvalue weighted by molar-refractivity contribution is 0.0419. The summed E-state index contributed by atoms with van der Waals surface area (Å²) >= 11 is 0. The third-order valence-electron chi connectivity index (χ3n) is 5.04. The van der Waals surface area contributed by atoms with Crippen LogP contribution in [0.5, 0.6) is 0 Å². The molecular weight excluding hydrogens is 352 g/mol. The van der Waals surface area contributed by atoms with Gasteiger partial charge < -0.3 is 9.47 Å². The van der Waals surface area contributed by atoms with Crippen LogP contribution in [0.4, 0.5) is 0 Å². The molecule has 0 radical (unpaired) electrons. The summed E-state index contributed by atoms with van der Waals surface area (Å²) in [5, 5.41) is 0. The van der Waals surface area contributed by atoms with E-state index in [2.05, 4.69) is 13.8 Å². The van der Waals surface area contributed by atoms with Crippen LogP contribution in [-0.4, -0.2) is 25.2 Å². The fourth-order valence-electron chi connectivity index (χ4n) is 2.91. The Hall–Kier alpha value is -1.84. The van der Waals surface area contributed by atoms with Crippen molar-refractivity contribution in [2.45, 2.75) is 85.0 Å². The normalized spacial score (nSPS) is 11.8. The van der Waals surface area contributed by atoms with Gasteiger partial charge in [-0.05, 0) is 24.5 Å². The summed E-state index contributed by atoms with van der Waals surface area (Å²) in [6, 6.07) is 6.71. The SMILES string of the molecule is CCCCCCCCCCCOC(=O)c1ccccc1C(=O)OCC(C)CC. The molecule has 0 aromatic heterocycles. The summed E-state index contributed by atoms with van der Waals surface area (Å²) in [4.78, 5) is 24.7. The first-order valence-corrected chi connectivity index (χ1v) is 11.0. The maximum Gasteiger partial charge on any atom is 0.339 e. The molecule has 158 valence electrons. The van der Waals surface area contributed by atoms with Gasteiger partial charge in [0.2, 0.25) is 0 Å². The zero-order valence-corrected chi connectivity index (χ0v) is 18.0. The largest absolute Gasteiger partial charge is 0.462 e. The van der Waals surface area contributed by atoms with Crippen LogP contribution in [0.15, 0.2) is 24.3 Å². The number of hydrogen-bond acceptors (Lipinski definition) is 4. The van der Waals surface area contributed by atoms with Gasteiger partial charge in [-0.1, -0.05) is 90.7 Å². The van der Waals surface area contributed by atoms with Gasteiger partial charge in [-0.3, -0.25) is 0 Å². The van der Waals surface area contributed by atoms with Gasteiger partial charge in [0.25, 0.3) is 0 Å². The Labute approximate surface area is 171 Å². The molecule has 0 saturated heterocycles. The topological polar surface area (TPSA) is 52.6 Å². The van der Waals surface area contributed by atoms with Crippen molar-refractivity contribution >= 4 is 11.9 Å². The fourth-order valence-corrected chi connectivity index (χ4v) is 2.91. The molecule has 0 aliphatic carbocycles. The van der Waals surface area contributed by atoms with Crippen molar-refractivity contribution in [3.8, 4) is 0 Å². The predicted molar refractivity (Wildman–Crippen MR) is 114 cm³/mol. The minimum atomic E-state index is -0.462. The van der Waals surface area contributed by atoms with E-state index in [1.807, 2.05) is 6.92 Å². The molecule has 0 saturated carbocycles. The van der Waals surface area contributed by atoms with Gasteiger partial charge in [0.15, 0.2) is 0 Å². The number of rotatable bonds is 15. The highest BCUT2D eigenvalue weighted by molar-refractivity contribution is 6.03. The second kappa shape index (κ2) is 15.1. The molecule has 4 heteroatoms. The van der Waals surface area contributed by atoms with Crippen LogP contribution in [0.2, 0.25) is 0 Å². The molecule has 0 aliphatic heterocycles. The number of benzene rings is 1. The summed E-state index contributed by atoms with van der Waals surface area (Å²) in [6.07, 6.45) is 11.9. The van der Waals surface area contributed by atoms with Crippen LogP contribution < -0.4 is 0 Å². The Bertz CT molecular complexity index is 567. The van der Waals surface area contributed by atoms with Gasteiger partial charge >= 0.3 is 11.9 Å². The van der Waals surface area contributed by atoms with Gasteiger partial charge in [-0.25, -0.2) is 9.59 Å². The summed E-state index contributed by atoms with van der Waals surface area (Å²) in [5.41, 5.74) is 0.565. The molecule has 1 aromatic carbocycles. The van der Waals surface area contributed by atoms with Crippen molar-refractivity contribution in [1.29, 1.82) is 0 Å². The number of ether oxygens (including phenoxy) is 2. The van der Waals surface area contributed by atoms with Gasteiger partial charge in [-0.15, -0.1) is 0 Å². The maximum atomic E-state index is 12.4. The molecule has 1 rings (SSSR count). The van der Waals surface area contributed by atoms with Crippen molar-refractivity contribution < 1.29 is 19.1 Å². The maximum absolute atomic E-state index is 12.4. The van der Waals surface area contributed by atoms with Gasteiger partial charge in [0.05, 0.1) is 24.3 Å². The molecule has 1 aromatic rings. The predicted octanol–water partition coefficient (Wildman–Crippen LogP) is 6.58. The van der Waals surface area contributed by atoms with Crippen molar-refractivity contribution in [3.63, 3.8) is 0 Å². The molecule has 0 heterocycles. The highest BCUT2D eigenvalue weighted by Crippen LogP contribution is 2.14. The summed E-state index contributed by atoms with van der Waals surface area (Å²) in [7, 11) is 0. The highest BCUT2D eigenvalue weighted by atomic mass is 16.5. The quantitative estimate of drug-likeness (QED) is 0.251. The first kappa shape index (κ1) is 24.2. The van der Waals surface area contributed by atoms with Crippen molar-refractivity contribution in [3.05, 3.63) is 35.4 Å². The summed E-state index contributed by atoms with van der Waals surface area (Å²) < 4.78 is 10.7. The molecule has 0 amide bonds. The number of carbonyl (C=O) groups excluding carboxylic acids is 2. The summed E-state index contributed by atoms with van der Waals surface area (Å²) in [5.74, 6) is -0.610. The molecule has 4 nitrogen and oxygen atoms in total. The van der Waals surface area contributed by atoms with Gasteiger partial charge in [-0.2, -0.15) is 0 Å². The van der Waals surface area contributed by atoms with E-state index in [1.165, 1.54) is 44.9 Å². The molecule has 1 atom stereocenters. The van der Waals surface area contributed by atoms with E-state index < -0.39 is 11.9 Å². The van der Waals surface area contributed by atoms with E-state index in [9.17, 15) is 9.59 Å². The molecule has 0 spiro atoms. The van der Waals surface area contributed by atoms with E-state index >= 15 is 0 Å². The smallest absolute Gasteiger partial charge is 0.339 e. The Morgan fingerprint density at radius 3 is 1.82 bits per heavy atom. The third-order valence-corrected chi connectivity index (χ3v) is 5.04. The molecule has 1 unspecified atom stereocenters. The van der Waals surface area contributed by atoms with Crippen molar-refractivity contribution in [2.75, 3.05) is 13.2 Å². The average molecular weight is 391 g/mol. The average Bonchev–Trinajstić information content (AvgIpc) is 2.72. The molecule has 0 aliphatic rings. The lowest BCUT2D eigenvalue weighted by Crippen LogP contribution is -2.16. The van der Waals surface area contributed by atoms with Crippen LogP contribution in [0.1, 0.15) is 106 Å². The van der Waals surface area contributed by atoms with Crippen LogP contribution in [0.25, 0.3) is 0 Å². The minimum absolute atomic E-state index is 0.280. The Morgan fingerprint density at radius 2 is 1.29 bits per heavy atom. The number of esters is 2. The van der Waals surface area contributed by atoms with Gasteiger partial charge in [0, 0.05) is 0 Å². The third kappa shape index (κ3) is 9.91. The van der Waals surface area contributed by atoms with Crippen LogP contribution in [-0.2, 0) is 9.47 Å². The minimum Gasteiger partial charge on any atom is -0.462 e. The van der Waals surface area contributed by atoms with Crippen molar-refractivity contribution in [1.82, 2.24) is 0 Å². The zero-order valence-electron chi connectivity index (χ0n) is 18.0. The van der Waals surface area contributed by atoms with Crippen molar-refractivity contribution in [2.24, 2.45) is 5.92 Å². The lowest BCUT2D eigenvalue weighted by atomic mass is 10.1. The van der Waals surface area contributed by atoms with Crippen LogP contribution in [0, 0.1) is 5.92 Å². The molecule has 0 fully saturated rings. The van der Waals surface area contributed by atoms with E-state index in [4.69, 9.17) is 9.47 Å². The highest BCUT2D eigenvalue weighted by Gasteiger charge is 2.19. The van der Waals surface area contributed by atoms with Gasteiger partial charge in [0.1, 0.15) is 0 Å². The zero-order chi connectivity index (χ0) is 20.6.